The van der Waals surface area contributed by atoms with Gasteiger partial charge in [-0.3, -0.25) is 0 Å². The van der Waals surface area contributed by atoms with Crippen molar-refractivity contribution in [2.75, 3.05) is 0 Å². The van der Waals surface area contributed by atoms with E-state index in [-0.39, 0.29) is 17.1 Å². The molecule has 0 bridgehead atoms. The fourth-order valence-electron chi connectivity index (χ4n) is 2.47. The molecule has 1 saturated heterocycles. The van der Waals surface area contributed by atoms with Gasteiger partial charge in [0.05, 0.1) is 0 Å². The van der Waals surface area contributed by atoms with E-state index >= 15 is 0 Å². The maximum absolute atomic E-state index is 12.1. The third kappa shape index (κ3) is 2.44. The van der Waals surface area contributed by atoms with Gasteiger partial charge < -0.3 is 14.6 Å². The monoisotopic (exact) mass is 296 g/mol. The summed E-state index contributed by atoms with van der Waals surface area (Å²) in [6.07, 6.45) is 0. The summed E-state index contributed by atoms with van der Waals surface area (Å²) in [5.74, 6) is -1.82. The van der Waals surface area contributed by atoms with Gasteiger partial charge in [0.25, 0.3) is 0 Å². The van der Waals surface area contributed by atoms with Gasteiger partial charge in [-0.25, -0.2) is 4.79 Å². The normalized spacial score (nSPS) is 19.5. The molecule has 0 atom stereocenters. The van der Waals surface area contributed by atoms with E-state index in [2.05, 4.69) is 6.58 Å². The lowest BCUT2D eigenvalue weighted by Crippen LogP contribution is -2.37. The second-order valence-corrected chi connectivity index (χ2v) is 5.60. The number of carbonyl (C=O) groups excluding carboxylic acids is 1. The first-order valence-corrected chi connectivity index (χ1v) is 6.91. The van der Waals surface area contributed by atoms with Crippen molar-refractivity contribution in [1.29, 1.82) is 0 Å². The number of hydrogen-bond donors (Lipinski definition) is 1. The SMILES string of the molecule is C=C1OC(C)(C)OC(=O)/C1=C(/O)c1ccc2ccccc2c1. The summed E-state index contributed by atoms with van der Waals surface area (Å²) in [4.78, 5) is 12.1. The quantitative estimate of drug-likeness (QED) is 0.492. The number of rotatable bonds is 1. The standard InChI is InChI=1S/C18H16O4/c1-11-15(17(20)22-18(2,3)21-11)16(19)14-9-8-12-6-4-5-7-13(12)10-14/h4-10,19H,1H2,2-3H3/b16-15+. The van der Waals surface area contributed by atoms with Crippen molar-refractivity contribution in [1.82, 2.24) is 0 Å². The minimum atomic E-state index is -1.08. The van der Waals surface area contributed by atoms with E-state index in [1.807, 2.05) is 30.3 Å². The summed E-state index contributed by atoms with van der Waals surface area (Å²) in [5.41, 5.74) is 0.463. The van der Waals surface area contributed by atoms with Crippen LogP contribution in [-0.2, 0) is 14.3 Å². The first kappa shape index (κ1) is 14.2. The van der Waals surface area contributed by atoms with Crippen molar-refractivity contribution in [2.45, 2.75) is 19.6 Å². The molecule has 1 heterocycles. The van der Waals surface area contributed by atoms with E-state index in [1.54, 1.807) is 26.0 Å². The Labute approximate surface area is 128 Å². The Hall–Kier alpha value is -2.75. The van der Waals surface area contributed by atoms with Crippen LogP contribution in [0.2, 0.25) is 0 Å². The number of aliphatic hydroxyl groups excluding tert-OH is 1. The number of ether oxygens (including phenoxy) is 2. The number of carbonyl (C=O) groups is 1. The maximum atomic E-state index is 12.1. The van der Waals surface area contributed by atoms with Gasteiger partial charge in [-0.15, -0.1) is 0 Å². The molecule has 4 nitrogen and oxygen atoms in total. The molecule has 1 fully saturated rings. The van der Waals surface area contributed by atoms with Crippen molar-refractivity contribution in [3.63, 3.8) is 0 Å². The molecule has 112 valence electrons. The van der Waals surface area contributed by atoms with E-state index in [9.17, 15) is 9.90 Å². The molecule has 0 radical (unpaired) electrons. The van der Waals surface area contributed by atoms with Crippen LogP contribution in [0.1, 0.15) is 19.4 Å². The average Bonchev–Trinajstić information content (AvgIpc) is 2.44. The smallest absolute Gasteiger partial charge is 0.349 e. The lowest BCUT2D eigenvalue weighted by molar-refractivity contribution is -0.208. The predicted molar refractivity (Wildman–Crippen MR) is 83.9 cm³/mol. The Balaban J connectivity index is 2.09. The van der Waals surface area contributed by atoms with Gasteiger partial charge in [-0.05, 0) is 16.8 Å². The number of cyclic esters (lactones) is 1. The molecule has 22 heavy (non-hydrogen) atoms. The first-order valence-electron chi connectivity index (χ1n) is 6.91. The van der Waals surface area contributed by atoms with Gasteiger partial charge >= 0.3 is 5.97 Å². The molecule has 2 aromatic carbocycles. The highest BCUT2D eigenvalue weighted by molar-refractivity contribution is 6.01. The van der Waals surface area contributed by atoms with Crippen LogP contribution in [0.5, 0.6) is 0 Å². The van der Waals surface area contributed by atoms with Crippen LogP contribution in [0.3, 0.4) is 0 Å². The highest BCUT2D eigenvalue weighted by Crippen LogP contribution is 2.33. The molecule has 0 saturated carbocycles. The molecule has 1 aliphatic heterocycles. The molecule has 0 amide bonds. The van der Waals surface area contributed by atoms with E-state index < -0.39 is 11.8 Å². The average molecular weight is 296 g/mol. The summed E-state index contributed by atoms with van der Waals surface area (Å²) in [6, 6.07) is 13.2. The Morgan fingerprint density at radius 3 is 2.45 bits per heavy atom. The molecule has 0 spiro atoms. The third-order valence-electron chi connectivity index (χ3n) is 3.45. The molecular formula is C18H16O4. The number of benzene rings is 2. The summed E-state index contributed by atoms with van der Waals surface area (Å²) >= 11 is 0. The maximum Gasteiger partial charge on any atom is 0.349 e. The fraction of sp³-hybridized carbons (Fsp3) is 0.167. The Bertz CT molecular complexity index is 793. The number of esters is 1. The lowest BCUT2D eigenvalue weighted by Gasteiger charge is -2.33. The minimum Gasteiger partial charge on any atom is -0.506 e. The minimum absolute atomic E-state index is 0.0467. The highest BCUT2D eigenvalue weighted by Gasteiger charge is 2.37. The Morgan fingerprint density at radius 2 is 1.77 bits per heavy atom. The first-order chi connectivity index (χ1) is 10.4. The van der Waals surface area contributed by atoms with Crippen LogP contribution in [0.4, 0.5) is 0 Å². The van der Waals surface area contributed by atoms with E-state index in [4.69, 9.17) is 9.47 Å². The van der Waals surface area contributed by atoms with Crippen molar-refractivity contribution in [3.8, 4) is 0 Å². The Morgan fingerprint density at radius 1 is 1.09 bits per heavy atom. The summed E-state index contributed by atoms with van der Waals surface area (Å²) in [7, 11) is 0. The van der Waals surface area contributed by atoms with Crippen LogP contribution >= 0.6 is 0 Å². The molecule has 0 aliphatic carbocycles. The molecule has 2 aromatic rings. The molecule has 3 rings (SSSR count). The summed E-state index contributed by atoms with van der Waals surface area (Å²) < 4.78 is 10.6. The van der Waals surface area contributed by atoms with E-state index in [0.717, 1.165) is 10.8 Å². The van der Waals surface area contributed by atoms with Crippen molar-refractivity contribution >= 4 is 22.5 Å². The van der Waals surface area contributed by atoms with Gasteiger partial charge in [-0.1, -0.05) is 43.0 Å². The molecule has 1 N–H and O–H groups in total. The second-order valence-electron chi connectivity index (χ2n) is 5.60. The highest BCUT2D eigenvalue weighted by atomic mass is 16.7. The predicted octanol–water partition coefficient (Wildman–Crippen LogP) is 3.93. The number of fused-ring (bicyclic) bond motifs is 1. The van der Waals surface area contributed by atoms with Gasteiger partial charge in [0.1, 0.15) is 17.1 Å². The van der Waals surface area contributed by atoms with Crippen LogP contribution in [0.25, 0.3) is 16.5 Å². The van der Waals surface area contributed by atoms with Crippen LogP contribution in [0.15, 0.2) is 60.4 Å². The van der Waals surface area contributed by atoms with Crippen molar-refractivity contribution in [3.05, 3.63) is 65.9 Å². The molecule has 0 unspecified atom stereocenters. The largest absolute Gasteiger partial charge is 0.506 e. The zero-order valence-corrected chi connectivity index (χ0v) is 12.4. The topological polar surface area (TPSA) is 55.8 Å². The van der Waals surface area contributed by atoms with Crippen molar-refractivity contribution in [2.24, 2.45) is 0 Å². The van der Waals surface area contributed by atoms with Crippen molar-refractivity contribution < 1.29 is 19.4 Å². The third-order valence-corrected chi connectivity index (χ3v) is 3.45. The van der Waals surface area contributed by atoms with Gasteiger partial charge in [-0.2, -0.15) is 0 Å². The summed E-state index contributed by atoms with van der Waals surface area (Å²) in [6.45, 7) is 6.93. The zero-order chi connectivity index (χ0) is 15.9. The molecule has 1 aliphatic rings. The molecule has 0 aromatic heterocycles. The molecular weight excluding hydrogens is 280 g/mol. The second kappa shape index (κ2) is 4.91. The Kier molecular flexibility index (Phi) is 3.17. The zero-order valence-electron chi connectivity index (χ0n) is 12.4. The summed E-state index contributed by atoms with van der Waals surface area (Å²) in [5, 5.41) is 12.5. The number of aliphatic hydroxyl groups is 1. The fourth-order valence-corrected chi connectivity index (χ4v) is 2.47. The van der Waals surface area contributed by atoms with E-state index in [0.29, 0.717) is 5.56 Å². The lowest BCUT2D eigenvalue weighted by atomic mass is 10.0. The van der Waals surface area contributed by atoms with Gasteiger partial charge in [0.2, 0.25) is 5.79 Å². The van der Waals surface area contributed by atoms with Crippen LogP contribution < -0.4 is 0 Å². The molecule has 4 heteroatoms. The van der Waals surface area contributed by atoms with E-state index in [1.165, 1.54) is 0 Å². The van der Waals surface area contributed by atoms with Crippen LogP contribution in [0, 0.1) is 0 Å². The van der Waals surface area contributed by atoms with Gasteiger partial charge in [0.15, 0.2) is 0 Å². The van der Waals surface area contributed by atoms with Gasteiger partial charge in [0, 0.05) is 19.4 Å². The number of hydrogen-bond acceptors (Lipinski definition) is 4. The van der Waals surface area contributed by atoms with Crippen LogP contribution in [-0.4, -0.2) is 16.9 Å².